The summed E-state index contributed by atoms with van der Waals surface area (Å²) < 4.78 is 5.40. The lowest BCUT2D eigenvalue weighted by Gasteiger charge is -2.30. The Morgan fingerprint density at radius 2 is 1.48 bits per heavy atom. The first-order valence-electron chi connectivity index (χ1n) is 7.84. The molecular formula is C16H30N2O3. The van der Waals surface area contributed by atoms with Gasteiger partial charge in [-0.05, 0) is 33.6 Å². The molecule has 0 atom stereocenters. The topological polar surface area (TPSA) is 49.9 Å². The van der Waals surface area contributed by atoms with E-state index in [2.05, 4.69) is 0 Å². The van der Waals surface area contributed by atoms with Crippen molar-refractivity contribution >= 4 is 12.0 Å². The first-order valence-corrected chi connectivity index (χ1v) is 7.84. The van der Waals surface area contributed by atoms with Gasteiger partial charge in [0.2, 0.25) is 5.91 Å². The lowest BCUT2D eigenvalue weighted by atomic mass is 9.88. The van der Waals surface area contributed by atoms with Crippen molar-refractivity contribution in [3.63, 3.8) is 0 Å². The Morgan fingerprint density at radius 3 is 2.00 bits per heavy atom. The van der Waals surface area contributed by atoms with Crippen molar-refractivity contribution in [2.24, 2.45) is 5.41 Å². The van der Waals surface area contributed by atoms with E-state index in [-0.39, 0.29) is 17.4 Å². The predicted molar refractivity (Wildman–Crippen MR) is 83.1 cm³/mol. The molecule has 1 saturated heterocycles. The van der Waals surface area contributed by atoms with E-state index in [0.29, 0.717) is 26.2 Å². The second-order valence-corrected chi connectivity index (χ2v) is 7.35. The van der Waals surface area contributed by atoms with Gasteiger partial charge in [-0.15, -0.1) is 0 Å². The fourth-order valence-electron chi connectivity index (χ4n) is 2.21. The molecule has 0 aromatic heterocycles. The van der Waals surface area contributed by atoms with E-state index in [1.807, 2.05) is 46.4 Å². The monoisotopic (exact) mass is 298 g/mol. The van der Waals surface area contributed by atoms with E-state index in [0.717, 1.165) is 12.8 Å². The number of hydrogen-bond acceptors (Lipinski definition) is 3. The first-order chi connectivity index (χ1) is 9.57. The van der Waals surface area contributed by atoms with E-state index in [4.69, 9.17) is 4.74 Å². The van der Waals surface area contributed by atoms with E-state index < -0.39 is 5.60 Å². The van der Waals surface area contributed by atoms with Crippen molar-refractivity contribution in [1.82, 2.24) is 9.80 Å². The summed E-state index contributed by atoms with van der Waals surface area (Å²) in [5.41, 5.74) is -0.815. The Labute approximate surface area is 128 Å². The summed E-state index contributed by atoms with van der Waals surface area (Å²) in [5.74, 6) is 0.177. The van der Waals surface area contributed by atoms with Gasteiger partial charge in [0.05, 0.1) is 0 Å². The highest BCUT2D eigenvalue weighted by atomic mass is 16.6. The maximum atomic E-state index is 12.5. The molecule has 0 N–H and O–H groups in total. The van der Waals surface area contributed by atoms with Crippen molar-refractivity contribution in [2.75, 3.05) is 26.2 Å². The fraction of sp³-hybridized carbons (Fsp3) is 0.875. The molecule has 0 aromatic rings. The normalized spacial score (nSPS) is 17.4. The quantitative estimate of drug-likeness (QED) is 0.787. The summed E-state index contributed by atoms with van der Waals surface area (Å²) in [6, 6.07) is 0. The molecule has 5 nitrogen and oxygen atoms in total. The van der Waals surface area contributed by atoms with Crippen LogP contribution in [0.2, 0.25) is 0 Å². The van der Waals surface area contributed by atoms with Crippen LogP contribution in [0.25, 0.3) is 0 Å². The highest BCUT2D eigenvalue weighted by Gasteiger charge is 2.32. The molecule has 5 heteroatoms. The Bertz CT molecular complexity index is 385. The minimum atomic E-state index is -0.483. The molecule has 122 valence electrons. The van der Waals surface area contributed by atoms with E-state index in [1.165, 1.54) is 0 Å². The van der Waals surface area contributed by atoms with Gasteiger partial charge in [-0.2, -0.15) is 0 Å². The summed E-state index contributed by atoms with van der Waals surface area (Å²) >= 11 is 0. The van der Waals surface area contributed by atoms with Crippen LogP contribution in [-0.2, 0) is 9.53 Å². The molecule has 0 radical (unpaired) electrons. The number of carbonyl (C=O) groups is 2. The third kappa shape index (κ3) is 5.21. The molecule has 1 aliphatic rings. The van der Waals surface area contributed by atoms with Crippen LogP contribution in [0.4, 0.5) is 4.79 Å². The molecule has 0 aliphatic carbocycles. The van der Waals surface area contributed by atoms with E-state index in [9.17, 15) is 9.59 Å². The molecule has 1 fully saturated rings. The van der Waals surface area contributed by atoms with Crippen LogP contribution in [0.1, 0.15) is 54.4 Å². The van der Waals surface area contributed by atoms with Crippen LogP contribution in [-0.4, -0.2) is 53.6 Å². The molecule has 1 heterocycles. The Morgan fingerprint density at radius 1 is 0.952 bits per heavy atom. The number of ether oxygens (including phenoxy) is 1. The van der Waals surface area contributed by atoms with Crippen molar-refractivity contribution < 1.29 is 14.3 Å². The van der Waals surface area contributed by atoms with Gasteiger partial charge in [-0.25, -0.2) is 4.79 Å². The highest BCUT2D eigenvalue weighted by molar-refractivity contribution is 5.82. The molecule has 0 bridgehead atoms. The Kier molecular flexibility index (Phi) is 5.65. The largest absolute Gasteiger partial charge is 0.444 e. The van der Waals surface area contributed by atoms with Crippen LogP contribution < -0.4 is 0 Å². The number of rotatable bonds is 2. The number of nitrogens with zero attached hydrogens (tertiary/aromatic N) is 2. The maximum Gasteiger partial charge on any atom is 0.410 e. The predicted octanol–water partition coefficient (Wildman–Crippen LogP) is 2.89. The zero-order valence-electron chi connectivity index (χ0n) is 14.4. The second kappa shape index (κ2) is 6.67. The lowest BCUT2D eigenvalue weighted by molar-refractivity contribution is -0.140. The molecule has 0 unspecified atom stereocenters. The first kappa shape index (κ1) is 17.8. The van der Waals surface area contributed by atoms with E-state index >= 15 is 0 Å². The third-order valence-electron chi connectivity index (χ3n) is 3.90. The van der Waals surface area contributed by atoms with Crippen LogP contribution >= 0.6 is 0 Å². The highest BCUT2D eigenvalue weighted by Crippen LogP contribution is 2.24. The number of hydrogen-bond donors (Lipinski definition) is 0. The average Bonchev–Trinajstić information content (AvgIpc) is 2.61. The summed E-state index contributed by atoms with van der Waals surface area (Å²) in [7, 11) is 0. The zero-order valence-corrected chi connectivity index (χ0v) is 14.4. The van der Waals surface area contributed by atoms with Crippen molar-refractivity contribution in [1.29, 1.82) is 0 Å². The van der Waals surface area contributed by atoms with E-state index in [1.54, 1.807) is 4.90 Å². The minimum Gasteiger partial charge on any atom is -0.444 e. The van der Waals surface area contributed by atoms with Crippen LogP contribution in [0.3, 0.4) is 0 Å². The average molecular weight is 298 g/mol. The summed E-state index contributed by atoms with van der Waals surface area (Å²) in [5, 5.41) is 0. The summed E-state index contributed by atoms with van der Waals surface area (Å²) in [6.45, 7) is 14.1. The van der Waals surface area contributed by atoms with Crippen LogP contribution in [0.5, 0.6) is 0 Å². The van der Waals surface area contributed by atoms with Gasteiger partial charge in [-0.1, -0.05) is 20.8 Å². The molecule has 0 saturated carbocycles. The Hall–Kier alpha value is -1.26. The van der Waals surface area contributed by atoms with Gasteiger partial charge in [0.25, 0.3) is 0 Å². The standard InChI is InChI=1S/C16H30N2O3/c1-7-16(5,6)13(19)17-9-8-10-18(12-11-17)14(20)21-15(2,3)4/h7-12H2,1-6H3. The molecule has 21 heavy (non-hydrogen) atoms. The molecular weight excluding hydrogens is 268 g/mol. The molecule has 0 aromatic carbocycles. The number of amides is 2. The molecule has 0 spiro atoms. The van der Waals surface area contributed by atoms with Gasteiger partial charge in [0.15, 0.2) is 0 Å². The van der Waals surface area contributed by atoms with Crippen molar-refractivity contribution in [3.8, 4) is 0 Å². The molecule has 1 aliphatic heterocycles. The smallest absolute Gasteiger partial charge is 0.410 e. The van der Waals surface area contributed by atoms with Gasteiger partial charge in [0, 0.05) is 31.6 Å². The van der Waals surface area contributed by atoms with Crippen molar-refractivity contribution in [3.05, 3.63) is 0 Å². The maximum absolute atomic E-state index is 12.5. The zero-order chi connectivity index (χ0) is 16.3. The summed E-state index contributed by atoms with van der Waals surface area (Å²) in [6.07, 6.45) is 1.33. The third-order valence-corrected chi connectivity index (χ3v) is 3.90. The van der Waals surface area contributed by atoms with Crippen molar-refractivity contribution in [2.45, 2.75) is 60.0 Å². The van der Waals surface area contributed by atoms with Gasteiger partial charge < -0.3 is 14.5 Å². The SMILES string of the molecule is CCC(C)(C)C(=O)N1CCCN(C(=O)OC(C)(C)C)CC1. The van der Waals surface area contributed by atoms with Gasteiger partial charge >= 0.3 is 6.09 Å². The lowest BCUT2D eigenvalue weighted by Crippen LogP contribution is -2.43. The molecule has 1 rings (SSSR count). The van der Waals surface area contributed by atoms with Gasteiger partial charge in [0.1, 0.15) is 5.60 Å². The summed E-state index contributed by atoms with van der Waals surface area (Å²) in [4.78, 5) is 28.2. The second-order valence-electron chi connectivity index (χ2n) is 7.35. The van der Waals surface area contributed by atoms with Gasteiger partial charge in [-0.3, -0.25) is 4.79 Å². The fourth-order valence-corrected chi connectivity index (χ4v) is 2.21. The van der Waals surface area contributed by atoms with Crippen LogP contribution in [0.15, 0.2) is 0 Å². The minimum absolute atomic E-state index is 0.177. The van der Waals surface area contributed by atoms with Crippen LogP contribution in [0, 0.1) is 5.41 Å². The Balaban J connectivity index is 2.62. The molecule has 2 amide bonds. The number of carbonyl (C=O) groups excluding carboxylic acids is 2.